The molecule has 0 aliphatic carbocycles. The SMILES string of the molecule is CCN1C(=O)N[C@H](c2ccc(C)cc2)C2=C1CN(CC(=O)NCC(C)C)C2=O. The van der Waals surface area contributed by atoms with Gasteiger partial charge in [0.2, 0.25) is 5.91 Å². The number of benzene rings is 1. The summed E-state index contributed by atoms with van der Waals surface area (Å²) < 4.78 is 0. The fraction of sp³-hybridized carbons (Fsp3) is 0.476. The van der Waals surface area contributed by atoms with Gasteiger partial charge in [0.15, 0.2) is 0 Å². The zero-order chi connectivity index (χ0) is 20.4. The van der Waals surface area contributed by atoms with Crippen LogP contribution in [0, 0.1) is 12.8 Å². The molecule has 28 heavy (non-hydrogen) atoms. The average molecular weight is 384 g/mol. The van der Waals surface area contributed by atoms with Gasteiger partial charge in [-0.1, -0.05) is 43.7 Å². The van der Waals surface area contributed by atoms with Gasteiger partial charge in [-0.15, -0.1) is 0 Å². The number of hydrogen-bond acceptors (Lipinski definition) is 3. The summed E-state index contributed by atoms with van der Waals surface area (Å²) in [7, 11) is 0. The van der Waals surface area contributed by atoms with Crippen LogP contribution in [0.1, 0.15) is 37.9 Å². The largest absolute Gasteiger partial charge is 0.354 e. The Bertz CT molecular complexity index is 813. The monoisotopic (exact) mass is 384 g/mol. The summed E-state index contributed by atoms with van der Waals surface area (Å²) in [5, 5.41) is 5.80. The van der Waals surface area contributed by atoms with Crippen molar-refractivity contribution in [1.82, 2.24) is 20.4 Å². The van der Waals surface area contributed by atoms with E-state index in [9.17, 15) is 14.4 Å². The molecule has 150 valence electrons. The van der Waals surface area contributed by atoms with E-state index >= 15 is 0 Å². The molecule has 0 spiro atoms. The topological polar surface area (TPSA) is 81.8 Å². The molecule has 2 aliphatic rings. The number of urea groups is 1. The number of nitrogens with one attached hydrogen (secondary N) is 2. The number of carbonyl (C=O) groups is 3. The van der Waals surface area contributed by atoms with Gasteiger partial charge in [0, 0.05) is 13.1 Å². The van der Waals surface area contributed by atoms with E-state index in [0.717, 1.165) is 11.1 Å². The van der Waals surface area contributed by atoms with Gasteiger partial charge in [-0.05, 0) is 25.3 Å². The highest BCUT2D eigenvalue weighted by Crippen LogP contribution is 2.36. The van der Waals surface area contributed by atoms with Gasteiger partial charge in [-0.2, -0.15) is 0 Å². The third-order valence-electron chi connectivity index (χ3n) is 5.07. The van der Waals surface area contributed by atoms with E-state index < -0.39 is 6.04 Å². The third kappa shape index (κ3) is 3.88. The summed E-state index contributed by atoms with van der Waals surface area (Å²) in [6.45, 7) is 9.20. The van der Waals surface area contributed by atoms with Crippen molar-refractivity contribution in [3.63, 3.8) is 0 Å². The van der Waals surface area contributed by atoms with E-state index in [0.29, 0.717) is 30.3 Å². The fourth-order valence-electron chi connectivity index (χ4n) is 3.57. The number of hydrogen-bond donors (Lipinski definition) is 2. The Morgan fingerprint density at radius 3 is 2.54 bits per heavy atom. The normalized spacial score (nSPS) is 19.2. The first-order valence-corrected chi connectivity index (χ1v) is 9.75. The van der Waals surface area contributed by atoms with Crippen molar-refractivity contribution >= 4 is 17.8 Å². The van der Waals surface area contributed by atoms with Crippen LogP contribution in [0.2, 0.25) is 0 Å². The number of rotatable bonds is 6. The molecule has 1 atom stereocenters. The van der Waals surface area contributed by atoms with Crippen molar-refractivity contribution in [3.8, 4) is 0 Å². The molecule has 2 heterocycles. The molecule has 3 rings (SSSR count). The second kappa shape index (κ2) is 8.04. The van der Waals surface area contributed by atoms with E-state index in [1.165, 1.54) is 4.90 Å². The van der Waals surface area contributed by atoms with E-state index in [4.69, 9.17) is 0 Å². The zero-order valence-electron chi connectivity index (χ0n) is 16.9. The standard InChI is InChI=1S/C21H28N4O3/c1-5-25-16-11-24(12-17(26)22-10-13(2)3)20(27)18(16)19(23-21(25)28)15-8-6-14(4)7-9-15/h6-9,13,19H,5,10-12H2,1-4H3,(H,22,26)(H,23,28)/t19-/m1/s1. The molecule has 1 aromatic carbocycles. The number of likely N-dealkylation sites (N-methyl/N-ethyl adjacent to an activating group) is 1. The highest BCUT2D eigenvalue weighted by atomic mass is 16.2. The van der Waals surface area contributed by atoms with Gasteiger partial charge >= 0.3 is 6.03 Å². The molecule has 4 amide bonds. The minimum atomic E-state index is -0.498. The average Bonchev–Trinajstić information content (AvgIpc) is 2.96. The second-order valence-corrected chi connectivity index (χ2v) is 7.76. The molecule has 0 unspecified atom stereocenters. The molecule has 1 aromatic rings. The summed E-state index contributed by atoms with van der Waals surface area (Å²) in [4.78, 5) is 41.1. The number of amides is 4. The van der Waals surface area contributed by atoms with Crippen molar-refractivity contribution in [3.05, 3.63) is 46.7 Å². The van der Waals surface area contributed by atoms with Gasteiger partial charge in [-0.3, -0.25) is 14.5 Å². The zero-order valence-corrected chi connectivity index (χ0v) is 16.9. The van der Waals surface area contributed by atoms with Crippen LogP contribution in [0.25, 0.3) is 0 Å². The summed E-state index contributed by atoms with van der Waals surface area (Å²) in [5.41, 5.74) is 3.22. The van der Waals surface area contributed by atoms with Gasteiger partial charge < -0.3 is 15.5 Å². The molecule has 2 N–H and O–H groups in total. The Hall–Kier alpha value is -2.83. The lowest BCUT2D eigenvalue weighted by molar-refractivity contribution is -0.132. The molecular formula is C21H28N4O3. The third-order valence-corrected chi connectivity index (χ3v) is 5.07. The summed E-state index contributed by atoms with van der Waals surface area (Å²) in [5.74, 6) is -0.0391. The maximum Gasteiger partial charge on any atom is 0.322 e. The molecule has 0 saturated heterocycles. The molecule has 7 heteroatoms. The minimum Gasteiger partial charge on any atom is -0.354 e. The fourth-order valence-corrected chi connectivity index (χ4v) is 3.57. The van der Waals surface area contributed by atoms with Crippen LogP contribution in [0.5, 0.6) is 0 Å². The summed E-state index contributed by atoms with van der Waals surface area (Å²) >= 11 is 0. The predicted molar refractivity (Wildman–Crippen MR) is 106 cm³/mol. The smallest absolute Gasteiger partial charge is 0.322 e. The Kier molecular flexibility index (Phi) is 5.72. The lowest BCUT2D eigenvalue weighted by Crippen LogP contribution is -2.47. The van der Waals surface area contributed by atoms with Crippen LogP contribution in [0.3, 0.4) is 0 Å². The molecule has 0 aromatic heterocycles. The van der Waals surface area contributed by atoms with E-state index in [2.05, 4.69) is 10.6 Å². The molecule has 7 nitrogen and oxygen atoms in total. The molecule has 0 radical (unpaired) electrons. The van der Waals surface area contributed by atoms with E-state index in [1.54, 1.807) is 4.90 Å². The molecule has 0 fully saturated rings. The van der Waals surface area contributed by atoms with Crippen LogP contribution in [0.15, 0.2) is 35.5 Å². The molecule has 2 aliphatic heterocycles. The lowest BCUT2D eigenvalue weighted by atomic mass is 9.95. The summed E-state index contributed by atoms with van der Waals surface area (Å²) in [6, 6.07) is 7.07. The lowest BCUT2D eigenvalue weighted by Gasteiger charge is -2.32. The maximum atomic E-state index is 13.1. The minimum absolute atomic E-state index is 0.00901. The predicted octanol–water partition coefficient (Wildman–Crippen LogP) is 1.95. The van der Waals surface area contributed by atoms with E-state index in [1.807, 2.05) is 52.0 Å². The first-order chi connectivity index (χ1) is 13.3. The Morgan fingerprint density at radius 2 is 1.93 bits per heavy atom. The van der Waals surface area contributed by atoms with Crippen LogP contribution in [0.4, 0.5) is 4.79 Å². The van der Waals surface area contributed by atoms with Crippen molar-refractivity contribution < 1.29 is 14.4 Å². The Balaban J connectivity index is 1.86. The molecule has 0 saturated carbocycles. The van der Waals surface area contributed by atoms with Crippen molar-refractivity contribution in [2.75, 3.05) is 26.2 Å². The number of nitrogens with zero attached hydrogens (tertiary/aromatic N) is 2. The van der Waals surface area contributed by atoms with Crippen molar-refractivity contribution in [2.45, 2.75) is 33.7 Å². The maximum absolute atomic E-state index is 13.1. The molecule has 0 bridgehead atoms. The van der Waals surface area contributed by atoms with Crippen molar-refractivity contribution in [1.29, 1.82) is 0 Å². The highest BCUT2D eigenvalue weighted by molar-refractivity contribution is 6.03. The van der Waals surface area contributed by atoms with Gasteiger partial charge in [0.25, 0.3) is 5.91 Å². The van der Waals surface area contributed by atoms with Crippen LogP contribution >= 0.6 is 0 Å². The van der Waals surface area contributed by atoms with Crippen LogP contribution in [-0.2, 0) is 9.59 Å². The number of carbonyl (C=O) groups excluding carboxylic acids is 3. The van der Waals surface area contributed by atoms with E-state index in [-0.39, 0.29) is 30.9 Å². The Labute approximate surface area is 165 Å². The highest BCUT2D eigenvalue weighted by Gasteiger charge is 2.43. The van der Waals surface area contributed by atoms with Crippen LogP contribution in [-0.4, -0.2) is 53.8 Å². The van der Waals surface area contributed by atoms with Crippen LogP contribution < -0.4 is 10.6 Å². The number of aryl methyl sites for hydroxylation is 1. The molecular weight excluding hydrogens is 356 g/mol. The van der Waals surface area contributed by atoms with Gasteiger partial charge in [0.05, 0.1) is 23.9 Å². The van der Waals surface area contributed by atoms with Gasteiger partial charge in [-0.25, -0.2) is 4.79 Å². The Morgan fingerprint density at radius 1 is 1.25 bits per heavy atom. The van der Waals surface area contributed by atoms with Gasteiger partial charge in [0.1, 0.15) is 6.54 Å². The summed E-state index contributed by atoms with van der Waals surface area (Å²) in [6.07, 6.45) is 0. The first kappa shape index (κ1) is 19.9. The van der Waals surface area contributed by atoms with Crippen molar-refractivity contribution in [2.24, 2.45) is 5.92 Å². The quantitative estimate of drug-likeness (QED) is 0.787. The second-order valence-electron chi connectivity index (χ2n) is 7.76. The first-order valence-electron chi connectivity index (χ1n) is 9.75.